The second-order valence-electron chi connectivity index (χ2n) is 4.05. The van der Waals surface area contributed by atoms with Gasteiger partial charge in [-0.1, -0.05) is 24.3 Å². The monoisotopic (exact) mass is 281 g/mol. The standard InChI is InChI=1S/C14H13F2NO3/c15-14(16)20-12-8-10-4-2-1-3-9(10)7-11(12)13(19)17-5-6-18/h1-4,7-8,14,18H,5-6H2,(H,17,19). The van der Waals surface area contributed by atoms with Crippen molar-refractivity contribution < 1.29 is 23.4 Å². The van der Waals surface area contributed by atoms with Crippen LogP contribution >= 0.6 is 0 Å². The molecule has 0 radical (unpaired) electrons. The summed E-state index contributed by atoms with van der Waals surface area (Å²) in [7, 11) is 0. The number of ether oxygens (including phenoxy) is 1. The summed E-state index contributed by atoms with van der Waals surface area (Å²) in [4.78, 5) is 11.9. The van der Waals surface area contributed by atoms with E-state index >= 15 is 0 Å². The van der Waals surface area contributed by atoms with Crippen molar-refractivity contribution >= 4 is 16.7 Å². The number of amides is 1. The molecule has 2 aromatic rings. The number of halogens is 2. The van der Waals surface area contributed by atoms with Gasteiger partial charge in [-0.25, -0.2) is 0 Å². The molecule has 20 heavy (non-hydrogen) atoms. The number of aliphatic hydroxyl groups is 1. The summed E-state index contributed by atoms with van der Waals surface area (Å²) >= 11 is 0. The maximum atomic E-state index is 12.4. The highest BCUT2D eigenvalue weighted by atomic mass is 19.3. The van der Waals surface area contributed by atoms with Crippen molar-refractivity contribution in [2.24, 2.45) is 0 Å². The Morgan fingerprint density at radius 2 is 1.90 bits per heavy atom. The molecule has 0 saturated heterocycles. The molecule has 0 atom stereocenters. The van der Waals surface area contributed by atoms with Crippen molar-refractivity contribution in [1.29, 1.82) is 0 Å². The number of benzene rings is 2. The van der Waals surface area contributed by atoms with Crippen LogP contribution in [0.15, 0.2) is 36.4 Å². The average molecular weight is 281 g/mol. The second kappa shape index (κ2) is 6.29. The van der Waals surface area contributed by atoms with Crippen LogP contribution in [0, 0.1) is 0 Å². The molecule has 0 aliphatic rings. The molecule has 0 aliphatic heterocycles. The number of aliphatic hydroxyl groups excluding tert-OH is 1. The van der Waals surface area contributed by atoms with E-state index in [9.17, 15) is 13.6 Å². The van der Waals surface area contributed by atoms with Gasteiger partial charge in [-0.2, -0.15) is 8.78 Å². The smallest absolute Gasteiger partial charge is 0.387 e. The lowest BCUT2D eigenvalue weighted by molar-refractivity contribution is -0.0500. The molecule has 2 rings (SSSR count). The average Bonchev–Trinajstić information content (AvgIpc) is 2.43. The third-order valence-electron chi connectivity index (χ3n) is 2.71. The van der Waals surface area contributed by atoms with Gasteiger partial charge < -0.3 is 15.2 Å². The zero-order valence-corrected chi connectivity index (χ0v) is 10.5. The highest BCUT2D eigenvalue weighted by Gasteiger charge is 2.16. The summed E-state index contributed by atoms with van der Waals surface area (Å²) in [5, 5.41) is 12.5. The summed E-state index contributed by atoms with van der Waals surface area (Å²) in [5.41, 5.74) is 0.0115. The van der Waals surface area contributed by atoms with Crippen molar-refractivity contribution in [1.82, 2.24) is 5.32 Å². The molecule has 2 aromatic carbocycles. The number of carbonyl (C=O) groups is 1. The fraction of sp³-hybridized carbons (Fsp3) is 0.214. The van der Waals surface area contributed by atoms with E-state index in [1.54, 1.807) is 24.3 Å². The quantitative estimate of drug-likeness (QED) is 0.883. The fourth-order valence-electron chi connectivity index (χ4n) is 1.85. The molecule has 0 saturated carbocycles. The molecule has 6 heteroatoms. The van der Waals surface area contributed by atoms with Crippen LogP contribution in [0.25, 0.3) is 10.8 Å². The predicted octanol–water partition coefficient (Wildman–Crippen LogP) is 2.16. The number of fused-ring (bicyclic) bond motifs is 1. The minimum absolute atomic E-state index is 0.0115. The van der Waals surface area contributed by atoms with Gasteiger partial charge in [-0.15, -0.1) is 0 Å². The summed E-state index contributed by atoms with van der Waals surface area (Å²) in [6.45, 7) is -3.20. The number of hydrogen-bond acceptors (Lipinski definition) is 3. The molecule has 0 aromatic heterocycles. The highest BCUT2D eigenvalue weighted by molar-refractivity contribution is 6.01. The lowest BCUT2D eigenvalue weighted by atomic mass is 10.1. The van der Waals surface area contributed by atoms with E-state index in [1.807, 2.05) is 0 Å². The first-order chi connectivity index (χ1) is 9.61. The summed E-state index contributed by atoms with van der Waals surface area (Å²) in [6.07, 6.45) is 0. The van der Waals surface area contributed by atoms with E-state index in [2.05, 4.69) is 10.1 Å². The summed E-state index contributed by atoms with van der Waals surface area (Å²) in [6, 6.07) is 9.94. The number of hydrogen-bond donors (Lipinski definition) is 2. The van der Waals surface area contributed by atoms with E-state index < -0.39 is 12.5 Å². The highest BCUT2D eigenvalue weighted by Crippen LogP contribution is 2.27. The largest absolute Gasteiger partial charge is 0.434 e. The van der Waals surface area contributed by atoms with Crippen LogP contribution in [0.1, 0.15) is 10.4 Å². The molecule has 0 bridgehead atoms. The summed E-state index contributed by atoms with van der Waals surface area (Å²) < 4.78 is 29.2. The molecule has 0 spiro atoms. The van der Waals surface area contributed by atoms with E-state index in [1.165, 1.54) is 12.1 Å². The Bertz CT molecular complexity index is 616. The van der Waals surface area contributed by atoms with Crippen LogP contribution in [0.2, 0.25) is 0 Å². The topological polar surface area (TPSA) is 58.6 Å². The van der Waals surface area contributed by atoms with Gasteiger partial charge in [0.05, 0.1) is 12.2 Å². The Morgan fingerprint density at radius 1 is 1.25 bits per heavy atom. The zero-order chi connectivity index (χ0) is 14.5. The summed E-state index contributed by atoms with van der Waals surface area (Å²) in [5.74, 6) is -0.755. The predicted molar refractivity (Wildman–Crippen MR) is 70.0 cm³/mol. The van der Waals surface area contributed by atoms with Gasteiger partial charge in [0.2, 0.25) is 0 Å². The molecule has 0 aliphatic carbocycles. The first kappa shape index (κ1) is 14.2. The minimum atomic E-state index is -3.01. The van der Waals surface area contributed by atoms with Crippen LogP contribution in [-0.4, -0.2) is 30.8 Å². The SMILES string of the molecule is O=C(NCCO)c1cc2ccccc2cc1OC(F)F. The van der Waals surface area contributed by atoms with Crippen LogP contribution in [-0.2, 0) is 0 Å². The van der Waals surface area contributed by atoms with Crippen molar-refractivity contribution in [2.75, 3.05) is 13.2 Å². The Hall–Kier alpha value is -2.21. The van der Waals surface area contributed by atoms with Gasteiger partial charge in [0, 0.05) is 6.54 Å². The Morgan fingerprint density at radius 3 is 2.50 bits per heavy atom. The zero-order valence-electron chi connectivity index (χ0n) is 10.5. The molecule has 0 unspecified atom stereocenters. The molecule has 4 nitrogen and oxygen atoms in total. The van der Waals surface area contributed by atoms with Crippen molar-refractivity contribution in [3.05, 3.63) is 42.0 Å². The minimum Gasteiger partial charge on any atom is -0.434 e. The van der Waals surface area contributed by atoms with Crippen molar-refractivity contribution in [3.63, 3.8) is 0 Å². The number of alkyl halides is 2. The van der Waals surface area contributed by atoms with E-state index in [0.717, 1.165) is 5.39 Å². The Balaban J connectivity index is 2.45. The number of carbonyl (C=O) groups excluding carboxylic acids is 1. The van der Waals surface area contributed by atoms with Gasteiger partial charge in [0.15, 0.2) is 0 Å². The van der Waals surface area contributed by atoms with Gasteiger partial charge >= 0.3 is 6.61 Å². The van der Waals surface area contributed by atoms with Crippen LogP contribution in [0.5, 0.6) is 5.75 Å². The third-order valence-corrected chi connectivity index (χ3v) is 2.71. The lowest BCUT2D eigenvalue weighted by Gasteiger charge is -2.12. The van der Waals surface area contributed by atoms with Gasteiger partial charge in [0.25, 0.3) is 5.91 Å². The molecular weight excluding hydrogens is 268 g/mol. The second-order valence-corrected chi connectivity index (χ2v) is 4.05. The van der Waals surface area contributed by atoms with Gasteiger partial charge in [-0.3, -0.25) is 4.79 Å². The van der Waals surface area contributed by atoms with E-state index in [0.29, 0.717) is 5.39 Å². The van der Waals surface area contributed by atoms with Gasteiger partial charge in [0.1, 0.15) is 5.75 Å². The first-order valence-corrected chi connectivity index (χ1v) is 5.98. The normalized spacial score (nSPS) is 10.8. The maximum Gasteiger partial charge on any atom is 0.387 e. The van der Waals surface area contributed by atoms with Crippen LogP contribution < -0.4 is 10.1 Å². The van der Waals surface area contributed by atoms with Gasteiger partial charge in [-0.05, 0) is 22.9 Å². The molecule has 1 amide bonds. The molecule has 106 valence electrons. The molecular formula is C14H13F2NO3. The lowest BCUT2D eigenvalue weighted by Crippen LogP contribution is -2.27. The first-order valence-electron chi connectivity index (χ1n) is 5.98. The van der Waals surface area contributed by atoms with Crippen LogP contribution in [0.3, 0.4) is 0 Å². The third kappa shape index (κ3) is 3.21. The Kier molecular flexibility index (Phi) is 4.47. The van der Waals surface area contributed by atoms with E-state index in [4.69, 9.17) is 5.11 Å². The molecule has 0 heterocycles. The molecule has 2 N–H and O–H groups in total. The number of nitrogens with one attached hydrogen (secondary N) is 1. The maximum absolute atomic E-state index is 12.4. The van der Waals surface area contributed by atoms with E-state index in [-0.39, 0.29) is 24.5 Å². The number of rotatable bonds is 5. The molecule has 0 fully saturated rings. The van der Waals surface area contributed by atoms with Crippen molar-refractivity contribution in [2.45, 2.75) is 6.61 Å². The fourth-order valence-corrected chi connectivity index (χ4v) is 1.85. The Labute approximate surface area is 114 Å². The van der Waals surface area contributed by atoms with Crippen molar-refractivity contribution in [3.8, 4) is 5.75 Å². The van der Waals surface area contributed by atoms with Crippen LogP contribution in [0.4, 0.5) is 8.78 Å².